The minimum Gasteiger partial charge on any atom is -0.394 e. The highest BCUT2D eigenvalue weighted by atomic mass is 32.2. The van der Waals surface area contributed by atoms with Gasteiger partial charge in [0.15, 0.2) is 9.84 Å². The average molecular weight is 263 g/mol. The van der Waals surface area contributed by atoms with E-state index in [1.54, 1.807) is 6.92 Å². The van der Waals surface area contributed by atoms with Gasteiger partial charge in [-0.3, -0.25) is 4.79 Å². The van der Waals surface area contributed by atoms with Crippen molar-refractivity contribution in [1.82, 2.24) is 5.32 Å². The number of aliphatic hydroxyl groups excluding tert-OH is 1. The molecule has 100 valence electrons. The molecule has 1 amide bonds. The van der Waals surface area contributed by atoms with Crippen molar-refractivity contribution in [2.45, 2.75) is 50.3 Å². The fraction of sp³-hybridized carbons (Fsp3) is 0.909. The first-order chi connectivity index (χ1) is 7.84. The molecule has 0 spiro atoms. The van der Waals surface area contributed by atoms with E-state index < -0.39 is 26.5 Å². The Kier molecular flexibility index (Phi) is 4.55. The molecule has 17 heavy (non-hydrogen) atoms. The Morgan fingerprint density at radius 2 is 2.12 bits per heavy atom. The Morgan fingerprint density at radius 3 is 2.59 bits per heavy atom. The van der Waals surface area contributed by atoms with E-state index in [4.69, 9.17) is 0 Å². The Labute approximate surface area is 103 Å². The van der Waals surface area contributed by atoms with E-state index in [9.17, 15) is 18.3 Å². The van der Waals surface area contributed by atoms with Gasteiger partial charge in [-0.05, 0) is 26.2 Å². The second-order valence-electron chi connectivity index (χ2n) is 4.91. The van der Waals surface area contributed by atoms with E-state index in [-0.39, 0.29) is 12.4 Å². The van der Waals surface area contributed by atoms with E-state index in [1.807, 2.05) is 6.92 Å². The largest absolute Gasteiger partial charge is 0.394 e. The van der Waals surface area contributed by atoms with Crippen LogP contribution < -0.4 is 5.32 Å². The summed E-state index contributed by atoms with van der Waals surface area (Å²) in [4.78, 5) is 11.9. The molecule has 6 heteroatoms. The first-order valence-electron chi connectivity index (χ1n) is 5.99. The van der Waals surface area contributed by atoms with E-state index >= 15 is 0 Å². The van der Waals surface area contributed by atoms with Gasteiger partial charge < -0.3 is 10.4 Å². The van der Waals surface area contributed by atoms with Crippen LogP contribution in [0.2, 0.25) is 0 Å². The second kappa shape index (κ2) is 5.35. The summed E-state index contributed by atoms with van der Waals surface area (Å²) >= 11 is 0. The third kappa shape index (κ3) is 3.42. The lowest BCUT2D eigenvalue weighted by Gasteiger charge is -2.30. The normalized spacial score (nSPS) is 27.1. The highest BCUT2D eigenvalue weighted by Crippen LogP contribution is 2.21. The van der Waals surface area contributed by atoms with Crippen LogP contribution in [0.25, 0.3) is 0 Å². The number of rotatable bonds is 4. The van der Waals surface area contributed by atoms with Crippen molar-refractivity contribution in [3.05, 3.63) is 0 Å². The number of nitrogens with one attached hydrogen (secondary N) is 1. The fourth-order valence-corrected chi connectivity index (χ4v) is 3.67. The van der Waals surface area contributed by atoms with Crippen LogP contribution in [-0.4, -0.2) is 42.6 Å². The second-order valence-corrected chi connectivity index (χ2v) is 7.22. The topological polar surface area (TPSA) is 83.5 Å². The molecule has 0 aromatic carbocycles. The number of carbonyl (C=O) groups is 1. The first-order valence-corrected chi connectivity index (χ1v) is 7.70. The maximum atomic E-state index is 11.9. The maximum absolute atomic E-state index is 11.9. The quantitative estimate of drug-likeness (QED) is 0.760. The molecule has 1 fully saturated rings. The smallest absolute Gasteiger partial charge is 0.238 e. The van der Waals surface area contributed by atoms with Crippen LogP contribution >= 0.6 is 0 Å². The number of carbonyl (C=O) groups excluding carboxylic acids is 1. The summed E-state index contributed by atoms with van der Waals surface area (Å²) in [6.45, 7) is 3.36. The Balaban J connectivity index is 2.76. The van der Waals surface area contributed by atoms with Crippen molar-refractivity contribution in [2.75, 3.05) is 12.4 Å². The summed E-state index contributed by atoms with van der Waals surface area (Å²) in [5.74, 6) is -0.379. The molecule has 1 aliphatic heterocycles. The Hall–Kier alpha value is -0.620. The summed E-state index contributed by atoms with van der Waals surface area (Å²) in [5.41, 5.74) is -0.732. The standard InChI is InChI=1S/C11H21NO4S/c1-3-11(2,8-13)12-10(14)9-6-4-5-7-17(9,15)16/h9,13H,3-8H2,1-2H3,(H,12,14). The summed E-state index contributed by atoms with van der Waals surface area (Å²) in [7, 11) is -3.31. The van der Waals surface area contributed by atoms with E-state index in [0.29, 0.717) is 19.3 Å². The Morgan fingerprint density at radius 1 is 1.47 bits per heavy atom. The minimum absolute atomic E-state index is 0.0903. The molecule has 0 saturated carbocycles. The first kappa shape index (κ1) is 14.4. The number of aliphatic hydroxyl groups is 1. The van der Waals surface area contributed by atoms with Crippen molar-refractivity contribution in [3.8, 4) is 0 Å². The average Bonchev–Trinajstić information content (AvgIpc) is 2.28. The van der Waals surface area contributed by atoms with Crippen LogP contribution in [-0.2, 0) is 14.6 Å². The van der Waals surface area contributed by atoms with Crippen LogP contribution in [0.15, 0.2) is 0 Å². The molecule has 2 unspecified atom stereocenters. The molecular weight excluding hydrogens is 242 g/mol. The van der Waals surface area contributed by atoms with Crippen molar-refractivity contribution in [3.63, 3.8) is 0 Å². The van der Waals surface area contributed by atoms with E-state index in [1.165, 1.54) is 0 Å². The zero-order chi connectivity index (χ0) is 13.1. The molecule has 0 radical (unpaired) electrons. The Bertz CT molecular complexity index is 373. The minimum atomic E-state index is -3.31. The number of amides is 1. The van der Waals surface area contributed by atoms with Gasteiger partial charge in [0.05, 0.1) is 17.9 Å². The zero-order valence-electron chi connectivity index (χ0n) is 10.4. The highest BCUT2D eigenvalue weighted by Gasteiger charge is 2.37. The van der Waals surface area contributed by atoms with Crippen molar-refractivity contribution in [2.24, 2.45) is 0 Å². The van der Waals surface area contributed by atoms with Gasteiger partial charge in [-0.2, -0.15) is 0 Å². The molecule has 1 heterocycles. The monoisotopic (exact) mass is 263 g/mol. The van der Waals surface area contributed by atoms with Gasteiger partial charge in [-0.15, -0.1) is 0 Å². The predicted molar refractivity (Wildman–Crippen MR) is 65.4 cm³/mol. The molecular formula is C11H21NO4S. The van der Waals surface area contributed by atoms with Crippen molar-refractivity contribution < 1.29 is 18.3 Å². The lowest BCUT2D eigenvalue weighted by molar-refractivity contribution is -0.123. The third-order valence-electron chi connectivity index (χ3n) is 3.43. The van der Waals surface area contributed by atoms with E-state index in [0.717, 1.165) is 6.42 Å². The fourth-order valence-electron chi connectivity index (χ4n) is 1.87. The predicted octanol–water partition coefficient (Wildman–Crippen LogP) is 0.231. The molecule has 1 rings (SSSR count). The molecule has 1 aliphatic rings. The van der Waals surface area contributed by atoms with Gasteiger partial charge >= 0.3 is 0 Å². The van der Waals surface area contributed by atoms with Gasteiger partial charge in [0, 0.05) is 0 Å². The summed E-state index contributed by atoms with van der Waals surface area (Å²) in [6, 6.07) is 0. The van der Waals surface area contributed by atoms with Crippen LogP contribution in [0.3, 0.4) is 0 Å². The summed E-state index contributed by atoms with van der Waals surface area (Å²) in [6.07, 6.45) is 2.35. The SMILES string of the molecule is CCC(C)(CO)NC(=O)C1CCCCS1(=O)=O. The van der Waals surface area contributed by atoms with Crippen LogP contribution in [0, 0.1) is 0 Å². The molecule has 2 atom stereocenters. The lowest BCUT2D eigenvalue weighted by Crippen LogP contribution is -2.54. The van der Waals surface area contributed by atoms with Crippen LogP contribution in [0.5, 0.6) is 0 Å². The van der Waals surface area contributed by atoms with Crippen LogP contribution in [0.4, 0.5) is 0 Å². The highest BCUT2D eigenvalue weighted by molar-refractivity contribution is 7.92. The van der Waals surface area contributed by atoms with Gasteiger partial charge in [0.25, 0.3) is 0 Å². The summed E-state index contributed by atoms with van der Waals surface area (Å²) in [5, 5.41) is 10.9. The van der Waals surface area contributed by atoms with Gasteiger partial charge in [0.2, 0.25) is 5.91 Å². The number of hydrogen-bond donors (Lipinski definition) is 2. The van der Waals surface area contributed by atoms with Gasteiger partial charge in [-0.1, -0.05) is 13.3 Å². The summed E-state index contributed by atoms with van der Waals surface area (Å²) < 4.78 is 23.5. The number of sulfone groups is 1. The number of hydrogen-bond acceptors (Lipinski definition) is 4. The molecule has 0 aliphatic carbocycles. The third-order valence-corrected chi connectivity index (χ3v) is 5.60. The van der Waals surface area contributed by atoms with E-state index in [2.05, 4.69) is 5.32 Å². The van der Waals surface area contributed by atoms with Gasteiger partial charge in [0.1, 0.15) is 5.25 Å². The molecule has 0 bridgehead atoms. The molecule has 2 N–H and O–H groups in total. The molecule has 0 aromatic rings. The van der Waals surface area contributed by atoms with Crippen molar-refractivity contribution in [1.29, 1.82) is 0 Å². The zero-order valence-corrected chi connectivity index (χ0v) is 11.2. The molecule has 0 aromatic heterocycles. The van der Waals surface area contributed by atoms with Gasteiger partial charge in [-0.25, -0.2) is 8.42 Å². The van der Waals surface area contributed by atoms with Crippen molar-refractivity contribution >= 4 is 15.7 Å². The molecule has 1 saturated heterocycles. The van der Waals surface area contributed by atoms with Crippen LogP contribution in [0.1, 0.15) is 39.5 Å². The lowest BCUT2D eigenvalue weighted by atomic mass is 9.99. The molecule has 5 nitrogen and oxygen atoms in total. The maximum Gasteiger partial charge on any atom is 0.238 e.